The van der Waals surface area contributed by atoms with Crippen LogP contribution in [0.25, 0.3) is 11.0 Å². The number of ether oxygens (including phenoxy) is 1. The van der Waals surface area contributed by atoms with Crippen LogP contribution in [0.5, 0.6) is 0 Å². The summed E-state index contributed by atoms with van der Waals surface area (Å²) in [4.78, 5) is 16.0. The number of carbonyl (C=O) groups excluding carboxylic acids is 1. The van der Waals surface area contributed by atoms with Gasteiger partial charge in [-0.3, -0.25) is 4.79 Å². The highest BCUT2D eigenvalue weighted by atomic mass is 16.5. The fraction of sp³-hybridized carbons (Fsp3) is 0.500. The predicted octanol–water partition coefficient (Wildman–Crippen LogP) is 2.45. The van der Waals surface area contributed by atoms with Gasteiger partial charge in [-0.1, -0.05) is 0 Å². The average molecular weight is 287 g/mol. The molecule has 3 rings (SSSR count). The Balaban J connectivity index is 1.91. The van der Waals surface area contributed by atoms with Gasteiger partial charge in [-0.05, 0) is 55.9 Å². The van der Waals surface area contributed by atoms with Gasteiger partial charge in [0.1, 0.15) is 0 Å². The molecule has 0 spiro atoms. The Morgan fingerprint density at radius 1 is 1.33 bits per heavy atom. The van der Waals surface area contributed by atoms with E-state index in [1.54, 1.807) is 0 Å². The summed E-state index contributed by atoms with van der Waals surface area (Å²) in [5.74, 6) is 0.272. The maximum Gasteiger partial charge on any atom is 0.307 e. The van der Waals surface area contributed by atoms with Crippen molar-refractivity contribution in [1.29, 1.82) is 0 Å². The maximum absolute atomic E-state index is 11.5. The summed E-state index contributed by atoms with van der Waals surface area (Å²) in [6.45, 7) is 2.73. The molecule has 5 nitrogen and oxygen atoms in total. The van der Waals surface area contributed by atoms with Crippen LogP contribution >= 0.6 is 0 Å². The molecule has 0 atom stereocenters. The summed E-state index contributed by atoms with van der Waals surface area (Å²) < 4.78 is 6.89. The van der Waals surface area contributed by atoms with E-state index >= 15 is 0 Å². The predicted molar refractivity (Wildman–Crippen MR) is 82.0 cm³/mol. The lowest BCUT2D eigenvalue weighted by Gasteiger charge is -2.15. The molecule has 1 heterocycles. The lowest BCUT2D eigenvalue weighted by Crippen LogP contribution is -2.11. The molecule has 0 bridgehead atoms. The summed E-state index contributed by atoms with van der Waals surface area (Å²) >= 11 is 0. The SMILES string of the molecule is CCOC(=O)CCn1c(N)nc2cc3c(cc21)CCCC3. The third kappa shape index (κ3) is 2.73. The molecule has 0 saturated heterocycles. The van der Waals surface area contributed by atoms with Gasteiger partial charge < -0.3 is 15.0 Å². The van der Waals surface area contributed by atoms with Crippen molar-refractivity contribution in [3.63, 3.8) is 0 Å². The minimum Gasteiger partial charge on any atom is -0.466 e. The first-order valence-electron chi connectivity index (χ1n) is 7.62. The first-order valence-corrected chi connectivity index (χ1v) is 7.62. The van der Waals surface area contributed by atoms with Crippen molar-refractivity contribution in [2.75, 3.05) is 12.3 Å². The first-order chi connectivity index (χ1) is 10.2. The van der Waals surface area contributed by atoms with Crippen molar-refractivity contribution < 1.29 is 9.53 Å². The fourth-order valence-electron chi connectivity index (χ4n) is 3.04. The number of imidazole rings is 1. The van der Waals surface area contributed by atoms with Crippen LogP contribution in [0.15, 0.2) is 12.1 Å². The molecule has 0 aliphatic heterocycles. The van der Waals surface area contributed by atoms with E-state index in [0.29, 0.717) is 25.5 Å². The summed E-state index contributed by atoms with van der Waals surface area (Å²) in [6.07, 6.45) is 5.05. The average Bonchev–Trinajstić information content (AvgIpc) is 2.77. The van der Waals surface area contributed by atoms with Gasteiger partial charge in [-0.25, -0.2) is 4.98 Å². The Morgan fingerprint density at radius 3 is 2.76 bits per heavy atom. The smallest absolute Gasteiger partial charge is 0.307 e. The fourth-order valence-corrected chi connectivity index (χ4v) is 3.04. The molecule has 0 radical (unpaired) electrons. The number of benzene rings is 1. The Morgan fingerprint density at radius 2 is 2.05 bits per heavy atom. The summed E-state index contributed by atoms with van der Waals surface area (Å²) in [7, 11) is 0. The van der Waals surface area contributed by atoms with Crippen molar-refractivity contribution in [2.45, 2.75) is 45.6 Å². The molecule has 1 aliphatic carbocycles. The molecule has 5 heteroatoms. The zero-order valence-electron chi connectivity index (χ0n) is 12.4. The Hall–Kier alpha value is -2.04. The number of nitrogens with two attached hydrogens (primary N) is 1. The highest BCUT2D eigenvalue weighted by Crippen LogP contribution is 2.28. The number of hydrogen-bond donors (Lipinski definition) is 1. The molecule has 0 amide bonds. The second-order valence-corrected chi connectivity index (χ2v) is 5.49. The zero-order valence-corrected chi connectivity index (χ0v) is 12.4. The van der Waals surface area contributed by atoms with Crippen molar-refractivity contribution in [3.05, 3.63) is 23.3 Å². The number of fused-ring (bicyclic) bond motifs is 2. The maximum atomic E-state index is 11.5. The van der Waals surface area contributed by atoms with E-state index in [1.807, 2.05) is 11.5 Å². The third-order valence-corrected chi connectivity index (χ3v) is 4.09. The molecule has 1 aliphatic rings. The Kier molecular flexibility index (Phi) is 3.82. The molecule has 0 saturated carbocycles. The minimum atomic E-state index is -0.197. The van der Waals surface area contributed by atoms with Gasteiger partial charge in [0.2, 0.25) is 5.95 Å². The van der Waals surface area contributed by atoms with E-state index < -0.39 is 0 Å². The normalized spacial score (nSPS) is 14.1. The van der Waals surface area contributed by atoms with Crippen molar-refractivity contribution in [2.24, 2.45) is 0 Å². The van der Waals surface area contributed by atoms with Crippen LogP contribution in [-0.4, -0.2) is 22.1 Å². The highest BCUT2D eigenvalue weighted by Gasteiger charge is 2.15. The topological polar surface area (TPSA) is 70.1 Å². The van der Waals surface area contributed by atoms with Crippen LogP contribution in [0.1, 0.15) is 37.3 Å². The molecule has 1 aromatic carbocycles. The van der Waals surface area contributed by atoms with Gasteiger partial charge in [0.15, 0.2) is 0 Å². The standard InChI is InChI=1S/C16H21N3O2/c1-2-21-15(20)7-8-19-14-10-12-6-4-3-5-11(12)9-13(14)18-16(19)17/h9-10H,2-8H2,1H3,(H2,17,18). The number of anilines is 1. The quantitative estimate of drug-likeness (QED) is 0.877. The van der Waals surface area contributed by atoms with E-state index in [2.05, 4.69) is 17.1 Å². The van der Waals surface area contributed by atoms with E-state index in [-0.39, 0.29) is 5.97 Å². The monoisotopic (exact) mass is 287 g/mol. The van der Waals surface area contributed by atoms with Crippen LogP contribution in [0.3, 0.4) is 0 Å². The number of rotatable bonds is 4. The van der Waals surface area contributed by atoms with Gasteiger partial charge in [0.05, 0.1) is 24.1 Å². The molecule has 112 valence electrons. The molecule has 1 aromatic heterocycles. The highest BCUT2D eigenvalue weighted by molar-refractivity contribution is 5.80. The number of nitrogen functional groups attached to an aromatic ring is 1. The number of aromatic nitrogens is 2. The molecule has 2 aromatic rings. The van der Waals surface area contributed by atoms with E-state index in [9.17, 15) is 4.79 Å². The van der Waals surface area contributed by atoms with Gasteiger partial charge in [-0.2, -0.15) is 0 Å². The van der Waals surface area contributed by atoms with Crippen molar-refractivity contribution in [3.8, 4) is 0 Å². The van der Waals surface area contributed by atoms with Crippen molar-refractivity contribution >= 4 is 23.0 Å². The lowest BCUT2D eigenvalue weighted by atomic mass is 9.91. The van der Waals surface area contributed by atoms with Gasteiger partial charge >= 0.3 is 5.97 Å². The summed E-state index contributed by atoms with van der Waals surface area (Å²) in [5.41, 5.74) is 10.8. The van der Waals surface area contributed by atoms with Crippen LogP contribution in [0.2, 0.25) is 0 Å². The summed E-state index contributed by atoms with van der Waals surface area (Å²) in [5, 5.41) is 0. The van der Waals surface area contributed by atoms with E-state index in [1.165, 1.54) is 24.0 Å². The molecular formula is C16H21N3O2. The second-order valence-electron chi connectivity index (χ2n) is 5.49. The molecule has 2 N–H and O–H groups in total. The molecule has 21 heavy (non-hydrogen) atoms. The van der Waals surface area contributed by atoms with Gasteiger partial charge in [0, 0.05) is 6.54 Å². The molecule has 0 unspecified atom stereocenters. The lowest BCUT2D eigenvalue weighted by molar-refractivity contribution is -0.143. The number of aryl methyl sites for hydroxylation is 3. The van der Waals surface area contributed by atoms with Crippen LogP contribution in [0.4, 0.5) is 5.95 Å². The number of nitrogens with zero attached hydrogens (tertiary/aromatic N) is 2. The van der Waals surface area contributed by atoms with Crippen molar-refractivity contribution in [1.82, 2.24) is 9.55 Å². The van der Waals surface area contributed by atoms with Crippen LogP contribution < -0.4 is 5.73 Å². The third-order valence-electron chi connectivity index (χ3n) is 4.09. The van der Waals surface area contributed by atoms with E-state index in [4.69, 9.17) is 10.5 Å². The molecular weight excluding hydrogens is 266 g/mol. The molecule has 0 fully saturated rings. The van der Waals surface area contributed by atoms with Gasteiger partial charge in [-0.15, -0.1) is 0 Å². The first kappa shape index (κ1) is 13.9. The Bertz CT molecular complexity index is 676. The van der Waals surface area contributed by atoms with Crippen LogP contribution in [-0.2, 0) is 28.9 Å². The zero-order chi connectivity index (χ0) is 14.8. The number of esters is 1. The minimum absolute atomic E-state index is 0.197. The van der Waals surface area contributed by atoms with Gasteiger partial charge in [0.25, 0.3) is 0 Å². The number of hydrogen-bond acceptors (Lipinski definition) is 4. The Labute approximate surface area is 124 Å². The number of carbonyl (C=O) groups is 1. The second kappa shape index (κ2) is 5.76. The van der Waals surface area contributed by atoms with Crippen LogP contribution in [0, 0.1) is 0 Å². The van der Waals surface area contributed by atoms with E-state index in [0.717, 1.165) is 23.9 Å². The summed E-state index contributed by atoms with van der Waals surface area (Å²) in [6, 6.07) is 4.35. The largest absolute Gasteiger partial charge is 0.466 e.